The third-order valence-corrected chi connectivity index (χ3v) is 3.35. The van der Waals surface area contributed by atoms with Gasteiger partial charge in [0.1, 0.15) is 0 Å². The van der Waals surface area contributed by atoms with Crippen LogP contribution in [0.1, 0.15) is 5.56 Å². The normalized spacial score (nSPS) is 10.1. The van der Waals surface area contributed by atoms with Crippen LogP contribution in [0.25, 0.3) is 0 Å². The van der Waals surface area contributed by atoms with E-state index in [0.29, 0.717) is 0 Å². The third kappa shape index (κ3) is 3.06. The van der Waals surface area contributed by atoms with Crippen LogP contribution in [0.15, 0.2) is 51.7 Å². The maximum atomic E-state index is 3.99. The maximum Gasteiger partial charge on any atom is 0.0498 e. The number of rotatable bonds is 3. The Morgan fingerprint density at radius 1 is 1.06 bits per heavy atom. The molecule has 0 saturated heterocycles. The van der Waals surface area contributed by atoms with Gasteiger partial charge in [-0.05, 0) is 51.8 Å². The van der Waals surface area contributed by atoms with E-state index in [1.807, 2.05) is 30.3 Å². The third-order valence-electron chi connectivity index (χ3n) is 2.16. The van der Waals surface area contributed by atoms with E-state index in [-0.39, 0.29) is 0 Å². The van der Waals surface area contributed by atoms with Gasteiger partial charge in [0.15, 0.2) is 0 Å². The second-order valence-corrected chi connectivity index (χ2v) is 5.10. The fourth-order valence-corrected chi connectivity index (χ4v) is 2.08. The molecule has 2 aromatic rings. The molecule has 0 spiro atoms. The van der Waals surface area contributed by atoms with E-state index in [2.05, 4.69) is 42.2 Å². The first-order valence-corrected chi connectivity index (χ1v) is 6.42. The van der Waals surface area contributed by atoms with Crippen molar-refractivity contribution in [2.24, 2.45) is 0 Å². The number of pyridine rings is 1. The van der Waals surface area contributed by atoms with Crippen LogP contribution >= 0.6 is 31.9 Å². The minimum absolute atomic E-state index is 0.789. The van der Waals surface area contributed by atoms with Crippen molar-refractivity contribution < 1.29 is 0 Å². The van der Waals surface area contributed by atoms with Gasteiger partial charge in [0.2, 0.25) is 0 Å². The fraction of sp³-hybridized carbons (Fsp3) is 0.0833. The first-order chi connectivity index (χ1) is 7.75. The summed E-state index contributed by atoms with van der Waals surface area (Å²) in [5, 5.41) is 3.37. The number of halogens is 2. The van der Waals surface area contributed by atoms with Crippen molar-refractivity contribution in [1.29, 1.82) is 0 Å². The van der Waals surface area contributed by atoms with Crippen molar-refractivity contribution in [3.63, 3.8) is 0 Å². The average molecular weight is 342 g/mol. The van der Waals surface area contributed by atoms with E-state index in [1.165, 1.54) is 5.56 Å². The molecule has 1 aromatic carbocycles. The van der Waals surface area contributed by atoms with Gasteiger partial charge in [-0.3, -0.25) is 4.98 Å². The molecule has 2 rings (SSSR count). The molecule has 0 unspecified atom stereocenters. The van der Waals surface area contributed by atoms with Crippen LogP contribution in [0.5, 0.6) is 0 Å². The molecule has 0 fully saturated rings. The fourth-order valence-electron chi connectivity index (χ4n) is 1.33. The second kappa shape index (κ2) is 5.46. The number of hydrogen-bond donors (Lipinski definition) is 1. The molecule has 2 nitrogen and oxygen atoms in total. The van der Waals surface area contributed by atoms with Gasteiger partial charge >= 0.3 is 0 Å². The second-order valence-electron chi connectivity index (χ2n) is 3.33. The summed E-state index contributed by atoms with van der Waals surface area (Å²) in [6.45, 7) is 0.789. The van der Waals surface area contributed by atoms with E-state index in [0.717, 1.165) is 21.2 Å². The first-order valence-electron chi connectivity index (χ1n) is 4.83. The highest BCUT2D eigenvalue weighted by molar-refractivity contribution is 9.11. The predicted octanol–water partition coefficient (Wildman–Crippen LogP) is 4.22. The summed E-state index contributed by atoms with van der Waals surface area (Å²) in [7, 11) is 0. The van der Waals surface area contributed by atoms with E-state index >= 15 is 0 Å². The first kappa shape index (κ1) is 11.6. The molecule has 0 atom stereocenters. The zero-order valence-electron chi connectivity index (χ0n) is 8.45. The molecule has 0 aliphatic carbocycles. The lowest BCUT2D eigenvalue weighted by molar-refractivity contribution is 1.12. The summed E-state index contributed by atoms with van der Waals surface area (Å²) >= 11 is 6.96. The zero-order chi connectivity index (χ0) is 11.4. The lowest BCUT2D eigenvalue weighted by Gasteiger charge is -2.08. The van der Waals surface area contributed by atoms with Gasteiger partial charge in [-0.15, -0.1) is 0 Å². The molecular weight excluding hydrogens is 332 g/mol. The van der Waals surface area contributed by atoms with E-state index in [1.54, 1.807) is 12.4 Å². The minimum Gasteiger partial charge on any atom is -0.380 e. The summed E-state index contributed by atoms with van der Waals surface area (Å²) in [5.41, 5.74) is 2.29. The topological polar surface area (TPSA) is 24.9 Å². The van der Waals surface area contributed by atoms with Crippen LogP contribution in [-0.4, -0.2) is 4.98 Å². The van der Waals surface area contributed by atoms with Crippen LogP contribution in [0.3, 0.4) is 0 Å². The summed E-state index contributed by atoms with van der Waals surface area (Å²) in [6, 6.07) is 10.1. The Bertz CT molecular complexity index is 472. The smallest absolute Gasteiger partial charge is 0.0498 e. The SMILES string of the molecule is Brc1ccc(Br)c(NCc2ccncc2)c1. The lowest BCUT2D eigenvalue weighted by atomic mass is 10.2. The molecule has 4 heteroatoms. The Morgan fingerprint density at radius 2 is 1.81 bits per heavy atom. The highest BCUT2D eigenvalue weighted by atomic mass is 79.9. The number of nitrogens with zero attached hydrogens (tertiary/aromatic N) is 1. The van der Waals surface area contributed by atoms with Crippen molar-refractivity contribution in [2.75, 3.05) is 5.32 Å². The van der Waals surface area contributed by atoms with Gasteiger partial charge in [0, 0.05) is 33.6 Å². The van der Waals surface area contributed by atoms with Gasteiger partial charge in [-0.1, -0.05) is 15.9 Å². The Hall–Kier alpha value is -0.870. The number of hydrogen-bond acceptors (Lipinski definition) is 2. The summed E-state index contributed by atoms with van der Waals surface area (Å²) in [6.07, 6.45) is 3.60. The van der Waals surface area contributed by atoms with E-state index in [4.69, 9.17) is 0 Å². The van der Waals surface area contributed by atoms with Crippen LogP contribution < -0.4 is 5.32 Å². The summed E-state index contributed by atoms with van der Waals surface area (Å²) < 4.78 is 2.12. The average Bonchev–Trinajstić information content (AvgIpc) is 2.32. The standard InChI is InChI=1S/C12H10Br2N2/c13-10-1-2-11(14)12(7-10)16-8-9-3-5-15-6-4-9/h1-7,16H,8H2. The van der Waals surface area contributed by atoms with Crippen molar-refractivity contribution in [1.82, 2.24) is 4.98 Å². The minimum atomic E-state index is 0.789. The zero-order valence-corrected chi connectivity index (χ0v) is 11.6. The van der Waals surface area contributed by atoms with Crippen LogP contribution in [0.4, 0.5) is 5.69 Å². The van der Waals surface area contributed by atoms with Gasteiger partial charge < -0.3 is 5.32 Å². The van der Waals surface area contributed by atoms with Crippen molar-refractivity contribution in [2.45, 2.75) is 6.54 Å². The molecule has 0 saturated carbocycles. The van der Waals surface area contributed by atoms with Gasteiger partial charge in [0.25, 0.3) is 0 Å². The van der Waals surface area contributed by atoms with Crippen molar-refractivity contribution >= 4 is 37.5 Å². The van der Waals surface area contributed by atoms with Gasteiger partial charge in [-0.2, -0.15) is 0 Å². The predicted molar refractivity (Wildman–Crippen MR) is 73.4 cm³/mol. The summed E-state index contributed by atoms with van der Waals surface area (Å²) in [4.78, 5) is 3.99. The van der Waals surface area contributed by atoms with Crippen LogP contribution in [-0.2, 0) is 6.54 Å². The Kier molecular flexibility index (Phi) is 3.96. The molecule has 0 bridgehead atoms. The van der Waals surface area contributed by atoms with Gasteiger partial charge in [-0.25, -0.2) is 0 Å². The molecule has 1 N–H and O–H groups in total. The number of nitrogens with one attached hydrogen (secondary N) is 1. The molecular formula is C12H10Br2N2. The largest absolute Gasteiger partial charge is 0.380 e. The Labute approximate surface area is 111 Å². The molecule has 1 heterocycles. The Balaban J connectivity index is 2.08. The highest BCUT2D eigenvalue weighted by Gasteiger charge is 2.00. The summed E-state index contributed by atoms with van der Waals surface area (Å²) in [5.74, 6) is 0. The van der Waals surface area contributed by atoms with E-state index in [9.17, 15) is 0 Å². The van der Waals surface area contributed by atoms with E-state index < -0.39 is 0 Å². The lowest BCUT2D eigenvalue weighted by Crippen LogP contribution is -1.99. The van der Waals surface area contributed by atoms with Crippen molar-refractivity contribution in [3.8, 4) is 0 Å². The monoisotopic (exact) mass is 340 g/mol. The number of benzene rings is 1. The molecule has 0 aliphatic rings. The quantitative estimate of drug-likeness (QED) is 0.904. The maximum absolute atomic E-state index is 3.99. The van der Waals surface area contributed by atoms with Gasteiger partial charge in [0.05, 0.1) is 0 Å². The van der Waals surface area contributed by atoms with Crippen LogP contribution in [0, 0.1) is 0 Å². The molecule has 1 aromatic heterocycles. The number of anilines is 1. The molecule has 16 heavy (non-hydrogen) atoms. The number of aromatic nitrogens is 1. The molecule has 82 valence electrons. The Morgan fingerprint density at radius 3 is 2.56 bits per heavy atom. The molecule has 0 radical (unpaired) electrons. The van der Waals surface area contributed by atoms with Crippen molar-refractivity contribution in [3.05, 3.63) is 57.2 Å². The van der Waals surface area contributed by atoms with Crippen LogP contribution in [0.2, 0.25) is 0 Å². The molecule has 0 aliphatic heterocycles. The molecule has 0 amide bonds. The highest BCUT2D eigenvalue weighted by Crippen LogP contribution is 2.26.